The lowest BCUT2D eigenvalue weighted by molar-refractivity contribution is -0.431. The number of hydrogen-bond donors (Lipinski definition) is 4. The summed E-state index contributed by atoms with van der Waals surface area (Å²) >= 11 is 0. The Balaban J connectivity index is 1.70. The monoisotopic (exact) mass is 505 g/mol. The lowest BCUT2D eigenvalue weighted by Crippen LogP contribution is -2.49. The predicted molar refractivity (Wildman–Crippen MR) is 119 cm³/mol. The van der Waals surface area contributed by atoms with Crippen LogP contribution in [0.5, 0.6) is 11.5 Å². The third-order valence-electron chi connectivity index (χ3n) is 5.07. The number of alkyl halides is 3. The number of amides is 1. The molecule has 1 aromatic carbocycles. The normalized spacial score (nSPS) is 16.3. The van der Waals surface area contributed by atoms with Gasteiger partial charge in [0.15, 0.2) is 6.61 Å². The van der Waals surface area contributed by atoms with E-state index < -0.39 is 23.7 Å². The van der Waals surface area contributed by atoms with Gasteiger partial charge in [-0.25, -0.2) is 0 Å². The number of aliphatic hydroxyl groups excluding tert-OH is 1. The number of carbonyl (C=O) groups is 1. The van der Waals surface area contributed by atoms with Crippen molar-refractivity contribution < 1.29 is 37.5 Å². The Morgan fingerprint density at radius 1 is 1.29 bits per heavy atom. The Kier molecular flexibility index (Phi) is 10.9. The molecule has 196 valence electrons. The van der Waals surface area contributed by atoms with Gasteiger partial charge < -0.3 is 35.3 Å². The molecule has 2 rings (SSSR count). The van der Waals surface area contributed by atoms with Gasteiger partial charge in [0, 0.05) is 19.6 Å². The molecule has 0 aromatic heterocycles. The highest BCUT2D eigenvalue weighted by Crippen LogP contribution is 2.23. The molecular weight excluding hydrogens is 475 g/mol. The maximum Gasteiger partial charge on any atom is 0.422 e. The average Bonchev–Trinajstić information content (AvgIpc) is 2.81. The zero-order chi connectivity index (χ0) is 25.8. The van der Waals surface area contributed by atoms with Crippen molar-refractivity contribution in [3.05, 3.63) is 46.4 Å². The zero-order valence-corrected chi connectivity index (χ0v) is 19.2. The number of ether oxygens (including phenoxy) is 2. The Morgan fingerprint density at radius 2 is 1.91 bits per heavy atom. The van der Waals surface area contributed by atoms with Crippen LogP contribution >= 0.6 is 0 Å². The number of benzene rings is 1. The van der Waals surface area contributed by atoms with Crippen molar-refractivity contribution in [3.63, 3.8) is 0 Å². The van der Waals surface area contributed by atoms with Gasteiger partial charge in [-0.15, -0.1) is 0 Å². The molecule has 4 N–H and O–H groups in total. The van der Waals surface area contributed by atoms with Crippen LogP contribution in [0.3, 0.4) is 0 Å². The fraction of sp³-hybridized carbons (Fsp3) is 0.571. The van der Waals surface area contributed by atoms with E-state index in [9.17, 15) is 33.2 Å². The van der Waals surface area contributed by atoms with E-state index in [1.165, 1.54) is 19.2 Å². The summed E-state index contributed by atoms with van der Waals surface area (Å²) in [4.78, 5) is 24.4. The molecule has 0 radical (unpaired) electrons. The first-order valence-electron chi connectivity index (χ1n) is 10.9. The highest BCUT2D eigenvalue weighted by atomic mass is 19.4. The molecule has 1 amide bonds. The Hall–Kier alpha value is -3.26. The van der Waals surface area contributed by atoms with Gasteiger partial charge in [-0.1, -0.05) is 0 Å². The molecule has 1 aliphatic rings. The number of likely N-dealkylation sites (tertiary alicyclic amines) is 1. The fourth-order valence-corrected chi connectivity index (χ4v) is 3.31. The Bertz CT molecular complexity index is 845. The maximum absolute atomic E-state index is 12.3. The molecular formula is C21H30F3N5O6. The van der Waals surface area contributed by atoms with Gasteiger partial charge in [-0.3, -0.25) is 15.0 Å². The van der Waals surface area contributed by atoms with Crippen LogP contribution < -0.4 is 25.4 Å². The quantitative estimate of drug-likeness (QED) is 0.227. The fourth-order valence-electron chi connectivity index (χ4n) is 3.31. The number of nitrogens with one attached hydrogen (secondary N) is 3. The first-order chi connectivity index (χ1) is 16.6. The average molecular weight is 505 g/mol. The summed E-state index contributed by atoms with van der Waals surface area (Å²) in [6, 6.07) is 5.32. The highest BCUT2D eigenvalue weighted by molar-refractivity contribution is 5.78. The minimum atomic E-state index is -4.40. The van der Waals surface area contributed by atoms with Crippen molar-refractivity contribution in [2.75, 3.05) is 46.4 Å². The molecule has 0 bridgehead atoms. The van der Waals surface area contributed by atoms with E-state index in [1.54, 1.807) is 12.1 Å². The first-order valence-corrected chi connectivity index (χ1v) is 10.9. The van der Waals surface area contributed by atoms with Crippen LogP contribution in [0, 0.1) is 10.1 Å². The number of nitrogens with zero attached hydrogens (tertiary/aromatic N) is 2. The van der Waals surface area contributed by atoms with Crippen LogP contribution in [-0.2, 0) is 4.79 Å². The lowest BCUT2D eigenvalue weighted by atomic mass is 10.1. The number of carbonyl (C=O) groups excluding carboxylic acids is 1. The maximum atomic E-state index is 12.3. The number of nitro groups is 1. The molecule has 0 spiro atoms. The van der Waals surface area contributed by atoms with Crippen LogP contribution in [0.1, 0.15) is 12.8 Å². The highest BCUT2D eigenvalue weighted by Gasteiger charge is 2.28. The van der Waals surface area contributed by atoms with E-state index >= 15 is 0 Å². The van der Waals surface area contributed by atoms with Crippen molar-refractivity contribution in [2.45, 2.75) is 31.2 Å². The second-order valence-electron chi connectivity index (χ2n) is 7.86. The van der Waals surface area contributed by atoms with Crippen molar-refractivity contribution in [1.29, 1.82) is 0 Å². The van der Waals surface area contributed by atoms with Gasteiger partial charge >= 0.3 is 12.0 Å². The Labute approximate surface area is 200 Å². The summed E-state index contributed by atoms with van der Waals surface area (Å²) in [7, 11) is 1.41. The molecule has 1 fully saturated rings. The van der Waals surface area contributed by atoms with Gasteiger partial charge in [-0.2, -0.15) is 13.2 Å². The third kappa shape index (κ3) is 10.7. The van der Waals surface area contributed by atoms with E-state index in [4.69, 9.17) is 4.74 Å². The number of halogens is 3. The van der Waals surface area contributed by atoms with Crippen molar-refractivity contribution in [3.8, 4) is 11.5 Å². The van der Waals surface area contributed by atoms with Crippen LogP contribution in [-0.4, -0.2) is 85.6 Å². The van der Waals surface area contributed by atoms with Crippen LogP contribution in [0.25, 0.3) is 0 Å². The molecule has 14 heteroatoms. The SMILES string of the molecule is CN/C(=C\NC[C@@H](CO)NC(=O)CN1CCC(Oc2ccc(OCC(F)(F)F)cc2)CC1)[N+](=O)[O-]. The number of piperidine rings is 1. The van der Waals surface area contributed by atoms with E-state index in [-0.39, 0.29) is 43.3 Å². The molecule has 0 aliphatic carbocycles. The summed E-state index contributed by atoms with van der Waals surface area (Å²) in [5, 5.41) is 28.0. The summed E-state index contributed by atoms with van der Waals surface area (Å²) in [6.07, 6.45) is -2.03. The van der Waals surface area contributed by atoms with Crippen LogP contribution in [0.15, 0.2) is 36.3 Å². The number of rotatable bonds is 13. The second kappa shape index (κ2) is 13.6. The van der Waals surface area contributed by atoms with Gasteiger partial charge in [0.25, 0.3) is 0 Å². The lowest BCUT2D eigenvalue weighted by Gasteiger charge is -2.32. The minimum Gasteiger partial charge on any atom is -0.490 e. The summed E-state index contributed by atoms with van der Waals surface area (Å²) in [5.74, 6) is 0.0881. The minimum absolute atomic E-state index is 0.0969. The molecule has 1 aromatic rings. The Morgan fingerprint density at radius 3 is 2.46 bits per heavy atom. The second-order valence-corrected chi connectivity index (χ2v) is 7.86. The smallest absolute Gasteiger partial charge is 0.422 e. The van der Waals surface area contributed by atoms with Gasteiger partial charge in [-0.05, 0) is 42.0 Å². The molecule has 0 unspecified atom stereocenters. The molecule has 35 heavy (non-hydrogen) atoms. The molecule has 1 atom stereocenters. The third-order valence-corrected chi connectivity index (χ3v) is 5.07. The largest absolute Gasteiger partial charge is 0.490 e. The van der Waals surface area contributed by atoms with Gasteiger partial charge in [0.1, 0.15) is 17.6 Å². The number of aliphatic hydroxyl groups is 1. The van der Waals surface area contributed by atoms with Gasteiger partial charge in [0.05, 0.1) is 32.4 Å². The summed E-state index contributed by atoms with van der Waals surface area (Å²) < 4.78 is 47.2. The molecule has 1 saturated heterocycles. The van der Waals surface area contributed by atoms with E-state index in [0.29, 0.717) is 31.7 Å². The molecule has 0 saturated carbocycles. The predicted octanol–water partition coefficient (Wildman–Crippen LogP) is 0.833. The van der Waals surface area contributed by atoms with E-state index in [0.717, 1.165) is 6.20 Å². The van der Waals surface area contributed by atoms with Crippen molar-refractivity contribution >= 4 is 5.91 Å². The van der Waals surface area contributed by atoms with Crippen molar-refractivity contribution in [1.82, 2.24) is 20.9 Å². The van der Waals surface area contributed by atoms with Gasteiger partial charge in [0.2, 0.25) is 5.91 Å². The topological polar surface area (TPSA) is 138 Å². The summed E-state index contributed by atoms with van der Waals surface area (Å²) in [5.41, 5.74) is 0. The molecule has 11 nitrogen and oxygen atoms in total. The van der Waals surface area contributed by atoms with Crippen molar-refractivity contribution in [2.24, 2.45) is 0 Å². The summed E-state index contributed by atoms with van der Waals surface area (Å²) in [6.45, 7) is -0.257. The number of hydrogen-bond acceptors (Lipinski definition) is 9. The molecule has 1 aliphatic heterocycles. The standard InChI is InChI=1S/C21H30F3N5O6/c1-25-19(29(32)33)11-26-10-15(13-30)27-20(31)12-28-8-6-18(7-9-28)35-17-4-2-16(3-5-17)34-14-21(22,23)24/h2-5,11,15,18,25-26,30H,6-10,12-14H2,1H3,(H,27,31)/b19-11+/t15-/m0/s1. The van der Waals surface area contributed by atoms with E-state index in [2.05, 4.69) is 20.7 Å². The first kappa shape index (κ1) is 28.0. The molecule has 1 heterocycles. The van der Waals surface area contributed by atoms with Crippen LogP contribution in [0.2, 0.25) is 0 Å². The van der Waals surface area contributed by atoms with E-state index in [1.807, 2.05) is 4.90 Å². The zero-order valence-electron chi connectivity index (χ0n) is 19.2. The van der Waals surface area contributed by atoms with Crippen LogP contribution in [0.4, 0.5) is 13.2 Å².